The fourth-order valence-corrected chi connectivity index (χ4v) is 3.29. The Morgan fingerprint density at radius 1 is 0.360 bits per heavy atom. The van der Waals surface area contributed by atoms with Crippen LogP contribution in [0.4, 0.5) is 0 Å². The van der Waals surface area contributed by atoms with Crippen molar-refractivity contribution in [2.45, 2.75) is 123 Å². The molecule has 0 unspecified atom stereocenters. The first-order valence-electron chi connectivity index (χ1n) is 18.2. The Morgan fingerprint density at radius 3 is 1.12 bits per heavy atom. The third kappa shape index (κ3) is 24.0. The average molecular weight is 680 g/mol. The SMILES string of the molecule is CC.CC.CC.CC(C)(C)C.CC(C)(C)C.CC(C)(C)c1cnc2cccnc2c1.c1ccc2ncccc2c1.c1ccc2nccnc2c1. The van der Waals surface area contributed by atoms with Crippen molar-refractivity contribution in [1.29, 1.82) is 0 Å². The summed E-state index contributed by atoms with van der Waals surface area (Å²) in [5.74, 6) is 0. The van der Waals surface area contributed by atoms with E-state index in [1.54, 1.807) is 18.6 Å². The number of para-hydroxylation sites is 3. The Morgan fingerprint density at radius 2 is 0.680 bits per heavy atom. The highest BCUT2D eigenvalue weighted by Crippen LogP contribution is 2.23. The van der Waals surface area contributed by atoms with E-state index in [0.717, 1.165) is 27.6 Å². The normalized spacial score (nSPS) is 10.1. The zero-order valence-electron chi connectivity index (χ0n) is 34.6. The van der Waals surface area contributed by atoms with Crippen molar-refractivity contribution in [3.63, 3.8) is 0 Å². The van der Waals surface area contributed by atoms with Crippen LogP contribution in [-0.2, 0) is 5.41 Å². The van der Waals surface area contributed by atoms with Crippen molar-refractivity contribution in [2.24, 2.45) is 10.8 Å². The second-order valence-electron chi connectivity index (χ2n) is 14.8. The minimum Gasteiger partial charge on any atom is -0.256 e. The lowest BCUT2D eigenvalue weighted by atomic mass is 9.88. The molecule has 0 aliphatic carbocycles. The Labute approximate surface area is 306 Å². The van der Waals surface area contributed by atoms with E-state index in [0.29, 0.717) is 10.8 Å². The molecule has 6 aromatic rings. The van der Waals surface area contributed by atoms with Crippen LogP contribution in [0.5, 0.6) is 0 Å². The van der Waals surface area contributed by atoms with Crippen molar-refractivity contribution < 1.29 is 0 Å². The highest BCUT2D eigenvalue weighted by Gasteiger charge is 2.14. The van der Waals surface area contributed by atoms with Crippen LogP contribution in [0.2, 0.25) is 0 Å². The average Bonchev–Trinajstić information content (AvgIpc) is 3.09. The number of nitrogens with zero attached hydrogens (tertiary/aromatic N) is 5. The van der Waals surface area contributed by atoms with E-state index >= 15 is 0 Å². The lowest BCUT2D eigenvalue weighted by Crippen LogP contribution is -2.11. The van der Waals surface area contributed by atoms with Crippen molar-refractivity contribution in [2.75, 3.05) is 0 Å². The summed E-state index contributed by atoms with van der Waals surface area (Å²) < 4.78 is 0. The van der Waals surface area contributed by atoms with E-state index in [1.165, 1.54) is 10.9 Å². The number of pyridine rings is 3. The molecule has 5 nitrogen and oxygen atoms in total. The molecule has 6 rings (SSSR count). The molecular weight excluding hydrogens is 611 g/mol. The molecule has 50 heavy (non-hydrogen) atoms. The lowest BCUT2D eigenvalue weighted by molar-refractivity contribution is 0.469. The number of benzene rings is 2. The number of hydrogen-bond acceptors (Lipinski definition) is 5. The zero-order valence-corrected chi connectivity index (χ0v) is 34.6. The molecule has 0 spiro atoms. The molecule has 274 valence electrons. The van der Waals surface area contributed by atoms with Gasteiger partial charge in [0.15, 0.2) is 0 Å². The maximum absolute atomic E-state index is 4.39. The molecule has 5 heteroatoms. The Hall–Kier alpha value is -4.25. The maximum atomic E-state index is 4.39. The molecule has 4 heterocycles. The summed E-state index contributed by atoms with van der Waals surface area (Å²) in [4.78, 5) is 21.1. The summed E-state index contributed by atoms with van der Waals surface area (Å²) >= 11 is 0. The maximum Gasteiger partial charge on any atom is 0.0889 e. The van der Waals surface area contributed by atoms with E-state index < -0.39 is 0 Å². The minimum atomic E-state index is 0.138. The Bertz CT molecular complexity index is 1460. The van der Waals surface area contributed by atoms with Crippen molar-refractivity contribution in [3.05, 3.63) is 115 Å². The van der Waals surface area contributed by atoms with Gasteiger partial charge in [0.25, 0.3) is 0 Å². The smallest absolute Gasteiger partial charge is 0.0889 e. The second-order valence-corrected chi connectivity index (χ2v) is 14.8. The standard InChI is InChI=1S/C12H14N2.C9H7N.C8H6N2.2C5H12.3C2H6/c1-12(2,3)9-7-11-10(14-8-9)5-4-6-13-11;1-2-6-9-8(4-1)5-3-7-10-9;1-2-4-8-7(3-1)9-5-6-10-8;2*1-5(2,3)4;3*1-2/h4-8H,1-3H3;1-7H;1-6H;2*1-4H3;3*1-2H3. The summed E-state index contributed by atoms with van der Waals surface area (Å²) in [6.45, 7) is 36.0. The first kappa shape index (κ1) is 47.9. The highest BCUT2D eigenvalue weighted by atomic mass is 14.8. The molecule has 2 aromatic carbocycles. The summed E-state index contributed by atoms with van der Waals surface area (Å²) in [5, 5.41) is 1.20. The van der Waals surface area contributed by atoms with Gasteiger partial charge in [-0.1, -0.05) is 154 Å². The molecule has 0 saturated carbocycles. The third-order valence-electron chi connectivity index (χ3n) is 5.21. The van der Waals surface area contributed by atoms with Crippen molar-refractivity contribution >= 4 is 33.0 Å². The van der Waals surface area contributed by atoms with E-state index in [2.05, 4.69) is 119 Å². The predicted molar refractivity (Wildman–Crippen MR) is 224 cm³/mol. The van der Waals surface area contributed by atoms with Gasteiger partial charge in [-0.05, 0) is 64.3 Å². The minimum absolute atomic E-state index is 0.138. The van der Waals surface area contributed by atoms with Gasteiger partial charge in [-0.25, -0.2) is 0 Å². The van der Waals surface area contributed by atoms with Gasteiger partial charge in [0.05, 0.1) is 27.6 Å². The molecule has 4 aromatic heterocycles. The fraction of sp³-hybridized carbons (Fsp3) is 0.444. The molecule has 0 atom stereocenters. The van der Waals surface area contributed by atoms with Crippen LogP contribution in [0.25, 0.3) is 33.0 Å². The number of aromatic nitrogens is 5. The first-order valence-corrected chi connectivity index (χ1v) is 18.2. The lowest BCUT2D eigenvalue weighted by Gasteiger charge is -2.18. The summed E-state index contributed by atoms with van der Waals surface area (Å²) in [5.41, 5.74) is 7.25. The zero-order chi connectivity index (χ0) is 38.8. The summed E-state index contributed by atoms with van der Waals surface area (Å²) in [6.07, 6.45) is 8.94. The number of rotatable bonds is 0. The van der Waals surface area contributed by atoms with Gasteiger partial charge < -0.3 is 0 Å². The molecule has 0 N–H and O–H groups in total. The molecule has 0 bridgehead atoms. The monoisotopic (exact) mass is 680 g/mol. The molecule has 0 amide bonds. The van der Waals surface area contributed by atoms with Crippen LogP contribution in [0, 0.1) is 10.8 Å². The number of hydrogen-bond donors (Lipinski definition) is 0. The Balaban J connectivity index is 0. The Kier molecular flexibility index (Phi) is 24.6. The van der Waals surface area contributed by atoms with Crippen LogP contribution in [0.1, 0.15) is 123 Å². The molecule has 0 aliphatic rings. The second kappa shape index (κ2) is 25.7. The van der Waals surface area contributed by atoms with Gasteiger partial charge in [0, 0.05) is 36.4 Å². The van der Waals surface area contributed by atoms with Crippen LogP contribution in [-0.4, -0.2) is 24.9 Å². The summed E-state index contributed by atoms with van der Waals surface area (Å²) in [6, 6.07) is 25.9. The van der Waals surface area contributed by atoms with E-state index in [-0.39, 0.29) is 5.41 Å². The highest BCUT2D eigenvalue weighted by molar-refractivity contribution is 5.77. The quantitative estimate of drug-likeness (QED) is 0.160. The van der Waals surface area contributed by atoms with Gasteiger partial charge in [0.2, 0.25) is 0 Å². The van der Waals surface area contributed by atoms with Crippen LogP contribution < -0.4 is 0 Å². The van der Waals surface area contributed by atoms with Crippen LogP contribution in [0.15, 0.2) is 110 Å². The van der Waals surface area contributed by atoms with Gasteiger partial charge in [0.1, 0.15) is 0 Å². The van der Waals surface area contributed by atoms with Crippen LogP contribution in [0.3, 0.4) is 0 Å². The predicted octanol–water partition coefficient (Wildman–Crippen LogP) is 14.0. The molecule has 0 saturated heterocycles. The van der Waals surface area contributed by atoms with E-state index in [4.69, 9.17) is 0 Å². The van der Waals surface area contributed by atoms with Crippen molar-refractivity contribution in [1.82, 2.24) is 24.9 Å². The van der Waals surface area contributed by atoms with Crippen molar-refractivity contribution in [3.8, 4) is 0 Å². The van der Waals surface area contributed by atoms with Crippen LogP contribution >= 0.6 is 0 Å². The fourth-order valence-electron chi connectivity index (χ4n) is 3.29. The van der Waals surface area contributed by atoms with Gasteiger partial charge in [-0.3, -0.25) is 24.9 Å². The largest absolute Gasteiger partial charge is 0.256 e. The van der Waals surface area contributed by atoms with Gasteiger partial charge >= 0.3 is 0 Å². The molecular formula is C45H69N5. The van der Waals surface area contributed by atoms with Gasteiger partial charge in [-0.2, -0.15) is 0 Å². The van der Waals surface area contributed by atoms with Gasteiger partial charge in [-0.15, -0.1) is 0 Å². The van der Waals surface area contributed by atoms with E-state index in [1.807, 2.05) is 115 Å². The number of fused-ring (bicyclic) bond motifs is 3. The molecule has 0 fully saturated rings. The first-order chi connectivity index (χ1) is 23.5. The molecule has 0 radical (unpaired) electrons. The molecule has 0 aliphatic heterocycles. The topological polar surface area (TPSA) is 64.5 Å². The summed E-state index contributed by atoms with van der Waals surface area (Å²) in [7, 11) is 0. The third-order valence-corrected chi connectivity index (χ3v) is 5.21. The van der Waals surface area contributed by atoms with E-state index in [9.17, 15) is 0 Å².